The second kappa shape index (κ2) is 8.04. The number of aryl methyl sites for hydroxylation is 1. The van der Waals surface area contributed by atoms with Gasteiger partial charge in [-0.25, -0.2) is 9.59 Å². The summed E-state index contributed by atoms with van der Waals surface area (Å²) >= 11 is 23.8. The third kappa shape index (κ3) is 5.03. The molecule has 158 valence electrons. The van der Waals surface area contributed by atoms with Crippen molar-refractivity contribution in [3.8, 4) is 0 Å². The molecule has 0 saturated carbocycles. The van der Waals surface area contributed by atoms with Crippen molar-refractivity contribution in [3.05, 3.63) is 46.0 Å². The van der Waals surface area contributed by atoms with E-state index in [2.05, 4.69) is 9.97 Å². The standard InChI is InChI=1S/C9H9Cl2NO3.C9H9Cl2NO2/c10-9(11)3-4-1-6(8(14)15)12-5(4)2-7(9)13;10-9(11)2-1-6-5(4-9)3-7(12-6)8(13)14/h1,7,12-13H,2-3H2,(H,14,15);3,12H,1-2,4H2,(H,13,14). The quantitative estimate of drug-likeness (QED) is 0.416. The Labute approximate surface area is 185 Å². The Morgan fingerprint density at radius 2 is 1.45 bits per heavy atom. The number of aromatic amines is 2. The topological polar surface area (TPSA) is 126 Å². The van der Waals surface area contributed by atoms with Crippen LogP contribution in [0.25, 0.3) is 0 Å². The van der Waals surface area contributed by atoms with E-state index in [-0.39, 0.29) is 24.2 Å². The molecule has 0 spiro atoms. The SMILES string of the molecule is O=C(O)c1cc2c([nH]1)CC(O)C(Cl)(Cl)C2.O=C(O)c1cc2c([nH]1)CCC(Cl)(Cl)C2. The molecule has 0 aliphatic heterocycles. The molecule has 0 fully saturated rings. The molecule has 0 amide bonds. The monoisotopic (exact) mass is 482 g/mol. The van der Waals surface area contributed by atoms with Crippen LogP contribution in [-0.2, 0) is 25.7 Å². The van der Waals surface area contributed by atoms with Gasteiger partial charge in [0, 0.05) is 30.7 Å². The summed E-state index contributed by atoms with van der Waals surface area (Å²) in [5.41, 5.74) is 3.61. The first kappa shape index (κ1) is 22.3. The molecule has 5 N–H and O–H groups in total. The molecule has 2 aliphatic rings. The van der Waals surface area contributed by atoms with E-state index in [1.165, 1.54) is 6.07 Å². The molecule has 0 bridgehead atoms. The highest BCUT2D eigenvalue weighted by Crippen LogP contribution is 2.38. The Kier molecular flexibility index (Phi) is 6.18. The molecule has 0 aromatic carbocycles. The number of alkyl halides is 4. The molecule has 1 unspecified atom stereocenters. The van der Waals surface area contributed by atoms with Gasteiger partial charge in [-0.3, -0.25) is 0 Å². The highest BCUT2D eigenvalue weighted by Gasteiger charge is 2.39. The van der Waals surface area contributed by atoms with Gasteiger partial charge in [-0.05, 0) is 36.1 Å². The zero-order valence-corrected chi connectivity index (χ0v) is 18.0. The zero-order chi connectivity index (χ0) is 21.6. The molecule has 1 atom stereocenters. The van der Waals surface area contributed by atoms with E-state index in [0.717, 1.165) is 16.8 Å². The fourth-order valence-corrected chi connectivity index (χ4v) is 4.34. The number of hydrogen-bond acceptors (Lipinski definition) is 3. The number of hydrogen-bond donors (Lipinski definition) is 5. The van der Waals surface area contributed by atoms with E-state index < -0.39 is 26.7 Å². The van der Waals surface area contributed by atoms with Gasteiger partial charge >= 0.3 is 11.9 Å². The van der Waals surface area contributed by atoms with Crippen LogP contribution in [0.4, 0.5) is 0 Å². The van der Waals surface area contributed by atoms with E-state index in [4.69, 9.17) is 56.6 Å². The number of aromatic carboxylic acids is 2. The predicted molar refractivity (Wildman–Crippen MR) is 110 cm³/mol. The molecule has 29 heavy (non-hydrogen) atoms. The van der Waals surface area contributed by atoms with Crippen molar-refractivity contribution in [2.24, 2.45) is 0 Å². The average Bonchev–Trinajstić information content (AvgIpc) is 3.18. The highest BCUT2D eigenvalue weighted by molar-refractivity contribution is 6.49. The molecule has 2 heterocycles. The van der Waals surface area contributed by atoms with E-state index >= 15 is 0 Å². The average molecular weight is 484 g/mol. The predicted octanol–water partition coefficient (Wildman–Crippen LogP) is 3.72. The second-order valence-corrected chi connectivity index (χ2v) is 10.4. The van der Waals surface area contributed by atoms with Gasteiger partial charge in [0.05, 0.1) is 6.10 Å². The van der Waals surface area contributed by atoms with E-state index in [1.807, 2.05) is 0 Å². The normalized spacial score (nSPS) is 21.3. The maximum Gasteiger partial charge on any atom is 0.352 e. The molecule has 0 saturated heterocycles. The summed E-state index contributed by atoms with van der Waals surface area (Å²) < 4.78 is -1.98. The lowest BCUT2D eigenvalue weighted by Crippen LogP contribution is -2.39. The van der Waals surface area contributed by atoms with Crippen LogP contribution in [0, 0.1) is 0 Å². The Morgan fingerprint density at radius 1 is 0.931 bits per heavy atom. The lowest BCUT2D eigenvalue weighted by Gasteiger charge is -2.30. The number of nitrogens with one attached hydrogen (secondary N) is 2. The first-order chi connectivity index (χ1) is 13.4. The van der Waals surface area contributed by atoms with Crippen LogP contribution >= 0.6 is 46.4 Å². The van der Waals surface area contributed by atoms with Crippen LogP contribution in [0.5, 0.6) is 0 Å². The largest absolute Gasteiger partial charge is 0.477 e. The summed E-state index contributed by atoms with van der Waals surface area (Å²) in [6.45, 7) is 0. The molecule has 2 aliphatic carbocycles. The number of carboxylic acids is 2. The number of aliphatic hydroxyl groups excluding tert-OH is 1. The Balaban J connectivity index is 0.000000166. The van der Waals surface area contributed by atoms with Crippen molar-refractivity contribution in [1.29, 1.82) is 0 Å². The van der Waals surface area contributed by atoms with E-state index in [9.17, 15) is 14.7 Å². The Hall–Kier alpha value is -1.38. The third-order valence-corrected chi connectivity index (χ3v) is 6.36. The minimum atomic E-state index is -1.23. The number of aliphatic hydroxyl groups is 1. The molecular formula is C18H18Cl4N2O5. The van der Waals surface area contributed by atoms with Crippen LogP contribution in [-0.4, -0.2) is 52.0 Å². The van der Waals surface area contributed by atoms with Crippen molar-refractivity contribution in [3.63, 3.8) is 0 Å². The van der Waals surface area contributed by atoms with Crippen molar-refractivity contribution in [1.82, 2.24) is 9.97 Å². The minimum absolute atomic E-state index is 0.0956. The van der Waals surface area contributed by atoms with E-state index in [0.29, 0.717) is 25.0 Å². The molecular weight excluding hydrogens is 466 g/mol. The van der Waals surface area contributed by atoms with Gasteiger partial charge in [-0.2, -0.15) is 0 Å². The van der Waals surface area contributed by atoms with Crippen LogP contribution in [0.15, 0.2) is 12.1 Å². The fraction of sp³-hybridized carbons (Fsp3) is 0.444. The van der Waals surface area contributed by atoms with Gasteiger partial charge in [-0.1, -0.05) is 23.2 Å². The summed E-state index contributed by atoms with van der Waals surface area (Å²) in [4.78, 5) is 27.0. The highest BCUT2D eigenvalue weighted by atomic mass is 35.5. The lowest BCUT2D eigenvalue weighted by molar-refractivity contribution is 0.0680. The van der Waals surface area contributed by atoms with Crippen LogP contribution in [0.1, 0.15) is 49.9 Å². The summed E-state index contributed by atoms with van der Waals surface area (Å²) in [5.74, 6) is -1.98. The Morgan fingerprint density at radius 3 is 2.00 bits per heavy atom. The maximum absolute atomic E-state index is 10.7. The van der Waals surface area contributed by atoms with Crippen molar-refractivity contribution < 1.29 is 24.9 Å². The van der Waals surface area contributed by atoms with Gasteiger partial charge in [-0.15, -0.1) is 23.2 Å². The summed E-state index contributed by atoms with van der Waals surface area (Å²) in [6.07, 6.45) is 1.48. The van der Waals surface area contributed by atoms with Crippen LogP contribution < -0.4 is 0 Å². The summed E-state index contributed by atoms with van der Waals surface area (Å²) in [5, 5.41) is 27.1. The molecule has 11 heteroatoms. The molecule has 2 aromatic rings. The minimum Gasteiger partial charge on any atom is -0.477 e. The van der Waals surface area contributed by atoms with Gasteiger partial charge in [0.1, 0.15) is 20.1 Å². The molecule has 7 nitrogen and oxygen atoms in total. The smallest absolute Gasteiger partial charge is 0.352 e. The van der Waals surface area contributed by atoms with Gasteiger partial charge < -0.3 is 25.3 Å². The number of halogens is 4. The fourth-order valence-electron chi connectivity index (χ4n) is 3.42. The summed E-state index contributed by atoms with van der Waals surface area (Å²) in [6, 6.07) is 3.11. The van der Waals surface area contributed by atoms with Gasteiger partial charge in [0.2, 0.25) is 0 Å². The van der Waals surface area contributed by atoms with Gasteiger partial charge in [0.25, 0.3) is 0 Å². The summed E-state index contributed by atoms with van der Waals surface area (Å²) in [7, 11) is 0. The zero-order valence-electron chi connectivity index (χ0n) is 14.9. The van der Waals surface area contributed by atoms with Crippen molar-refractivity contribution >= 4 is 58.3 Å². The number of fused-ring (bicyclic) bond motifs is 2. The molecule has 2 aromatic heterocycles. The van der Waals surface area contributed by atoms with Crippen LogP contribution in [0.2, 0.25) is 0 Å². The number of carbonyl (C=O) groups is 2. The number of carboxylic acid groups (broad SMARTS) is 2. The first-order valence-electron chi connectivity index (χ1n) is 8.70. The van der Waals surface area contributed by atoms with Crippen molar-refractivity contribution in [2.45, 2.75) is 46.9 Å². The van der Waals surface area contributed by atoms with Crippen LogP contribution in [0.3, 0.4) is 0 Å². The number of aromatic nitrogens is 2. The second-order valence-electron chi connectivity index (χ2n) is 7.17. The number of rotatable bonds is 2. The molecule has 0 radical (unpaired) electrons. The van der Waals surface area contributed by atoms with Crippen molar-refractivity contribution in [2.75, 3.05) is 0 Å². The third-order valence-electron chi connectivity index (χ3n) is 4.95. The Bertz CT molecular complexity index is 950. The molecule has 4 rings (SSSR count). The van der Waals surface area contributed by atoms with E-state index in [1.54, 1.807) is 6.07 Å². The lowest BCUT2D eigenvalue weighted by atomic mass is 9.94. The first-order valence-corrected chi connectivity index (χ1v) is 10.2. The number of H-pyrrole nitrogens is 2. The maximum atomic E-state index is 10.7. The van der Waals surface area contributed by atoms with Gasteiger partial charge in [0.15, 0.2) is 0 Å².